The minimum atomic E-state index is -4.77. The molecule has 4 nitrogen and oxygen atoms in total. The number of hydrogen-bond acceptors (Lipinski definition) is 2. The number of alkyl halides is 3. The Morgan fingerprint density at radius 2 is 1.91 bits per heavy atom. The molecule has 0 heterocycles. The maximum atomic E-state index is 12.4. The van der Waals surface area contributed by atoms with Gasteiger partial charge in [0, 0.05) is 0 Å². The number of aliphatic imine (C=N–C) groups is 1. The zero-order valence-electron chi connectivity index (χ0n) is 12.4. The lowest BCUT2D eigenvalue weighted by atomic mass is 10.1. The molecule has 23 heavy (non-hydrogen) atoms. The van der Waals surface area contributed by atoms with Gasteiger partial charge in [-0.3, -0.25) is 0 Å². The molecule has 3 N–H and O–H groups in total. The molecule has 0 aliphatic rings. The number of benzene rings is 2. The molecule has 0 saturated carbocycles. The van der Waals surface area contributed by atoms with Crippen molar-refractivity contribution < 1.29 is 17.9 Å². The zero-order chi connectivity index (χ0) is 16.9. The molecular weight excluding hydrogens is 307 g/mol. The molecule has 0 aromatic heterocycles. The molecule has 0 aliphatic carbocycles. The van der Waals surface area contributed by atoms with Crippen molar-refractivity contribution in [2.24, 2.45) is 10.7 Å². The number of guanidine groups is 1. The lowest BCUT2D eigenvalue weighted by Gasteiger charge is -2.14. The van der Waals surface area contributed by atoms with Crippen LogP contribution in [0.5, 0.6) is 5.75 Å². The van der Waals surface area contributed by atoms with Gasteiger partial charge in [0.15, 0.2) is 11.7 Å². The molecule has 2 aromatic rings. The van der Waals surface area contributed by atoms with E-state index in [0.29, 0.717) is 6.54 Å². The zero-order valence-corrected chi connectivity index (χ0v) is 12.4. The van der Waals surface area contributed by atoms with E-state index in [1.807, 2.05) is 31.2 Å². The highest BCUT2D eigenvalue weighted by Crippen LogP contribution is 2.29. The smallest absolute Gasteiger partial charge is 0.404 e. The van der Waals surface area contributed by atoms with E-state index in [1.165, 1.54) is 18.2 Å². The number of nitrogens with one attached hydrogen (secondary N) is 1. The average molecular weight is 323 g/mol. The first kappa shape index (κ1) is 16.7. The summed E-state index contributed by atoms with van der Waals surface area (Å²) in [5, 5.41) is 2.62. The Bertz CT molecular complexity index is 699. The number of aryl methyl sites for hydroxylation is 1. The Labute approximate surface area is 131 Å². The summed E-state index contributed by atoms with van der Waals surface area (Å²) in [7, 11) is 0. The normalized spacial score (nSPS) is 12.1. The number of para-hydroxylation sites is 2. The third-order valence-corrected chi connectivity index (χ3v) is 2.89. The third kappa shape index (κ3) is 5.54. The SMILES string of the molecule is Cc1cccc(CN=C(N)Nc2ccccc2OC(F)(F)F)c1. The van der Waals surface area contributed by atoms with Gasteiger partial charge in [0.25, 0.3) is 0 Å². The quantitative estimate of drug-likeness (QED) is 0.664. The third-order valence-electron chi connectivity index (χ3n) is 2.89. The molecule has 0 aliphatic heterocycles. The molecule has 0 amide bonds. The van der Waals surface area contributed by atoms with E-state index in [2.05, 4.69) is 15.0 Å². The molecule has 0 unspecified atom stereocenters. The number of nitrogens with two attached hydrogens (primary N) is 1. The van der Waals surface area contributed by atoms with Gasteiger partial charge in [0.2, 0.25) is 0 Å². The van der Waals surface area contributed by atoms with Crippen LogP contribution in [0.1, 0.15) is 11.1 Å². The summed E-state index contributed by atoms with van der Waals surface area (Å²) in [6.45, 7) is 2.28. The first-order chi connectivity index (χ1) is 10.8. The van der Waals surface area contributed by atoms with E-state index in [9.17, 15) is 13.2 Å². The maximum absolute atomic E-state index is 12.4. The Kier molecular flexibility index (Phi) is 5.10. The van der Waals surface area contributed by atoms with Crippen LogP contribution in [0, 0.1) is 6.92 Å². The summed E-state index contributed by atoms with van der Waals surface area (Å²) >= 11 is 0. The van der Waals surface area contributed by atoms with E-state index >= 15 is 0 Å². The van der Waals surface area contributed by atoms with Crippen LogP contribution in [0.2, 0.25) is 0 Å². The molecule has 0 saturated heterocycles. The van der Waals surface area contributed by atoms with Crippen LogP contribution in [0.15, 0.2) is 53.5 Å². The molecule has 0 fully saturated rings. The van der Waals surface area contributed by atoms with Gasteiger partial charge in [0.05, 0.1) is 12.2 Å². The molecule has 0 atom stereocenters. The lowest BCUT2D eigenvalue weighted by molar-refractivity contribution is -0.274. The molecule has 2 aromatic carbocycles. The van der Waals surface area contributed by atoms with Gasteiger partial charge >= 0.3 is 6.36 Å². The second kappa shape index (κ2) is 7.04. The van der Waals surface area contributed by atoms with Gasteiger partial charge in [-0.1, -0.05) is 42.0 Å². The van der Waals surface area contributed by atoms with E-state index in [4.69, 9.17) is 5.73 Å². The fourth-order valence-electron chi connectivity index (χ4n) is 1.95. The largest absolute Gasteiger partial charge is 0.573 e. The Morgan fingerprint density at radius 3 is 2.61 bits per heavy atom. The number of ether oxygens (including phenoxy) is 1. The topological polar surface area (TPSA) is 59.6 Å². The second-order valence-electron chi connectivity index (χ2n) is 4.86. The van der Waals surface area contributed by atoms with Crippen LogP contribution < -0.4 is 15.8 Å². The van der Waals surface area contributed by atoms with E-state index < -0.39 is 6.36 Å². The first-order valence-electron chi connectivity index (χ1n) is 6.81. The Balaban J connectivity index is 2.08. The molecule has 0 radical (unpaired) electrons. The van der Waals surface area contributed by atoms with E-state index in [0.717, 1.165) is 11.1 Å². The molecule has 2 rings (SSSR count). The molecule has 0 bridgehead atoms. The summed E-state index contributed by atoms with van der Waals surface area (Å²) < 4.78 is 41.0. The Morgan fingerprint density at radius 1 is 1.17 bits per heavy atom. The van der Waals surface area contributed by atoms with Crippen LogP contribution in [-0.2, 0) is 6.54 Å². The van der Waals surface area contributed by atoms with Crippen LogP contribution in [0.25, 0.3) is 0 Å². The molecule has 0 spiro atoms. The van der Waals surface area contributed by atoms with Crippen molar-refractivity contribution in [3.63, 3.8) is 0 Å². The van der Waals surface area contributed by atoms with Crippen LogP contribution in [0.3, 0.4) is 0 Å². The van der Waals surface area contributed by atoms with Gasteiger partial charge < -0.3 is 15.8 Å². The average Bonchev–Trinajstić information content (AvgIpc) is 2.46. The summed E-state index contributed by atoms with van der Waals surface area (Å²) in [5.41, 5.74) is 7.86. The minimum Gasteiger partial charge on any atom is -0.404 e. The molecular formula is C16H16F3N3O. The molecule has 7 heteroatoms. The number of hydrogen-bond donors (Lipinski definition) is 2. The van der Waals surface area contributed by atoms with Gasteiger partial charge in [-0.25, -0.2) is 4.99 Å². The molecule has 122 valence electrons. The van der Waals surface area contributed by atoms with E-state index in [-0.39, 0.29) is 17.4 Å². The van der Waals surface area contributed by atoms with E-state index in [1.54, 1.807) is 6.07 Å². The van der Waals surface area contributed by atoms with Crippen molar-refractivity contribution >= 4 is 11.6 Å². The standard InChI is InChI=1S/C16H16F3N3O/c1-11-5-4-6-12(9-11)10-21-15(20)22-13-7-2-3-8-14(13)23-16(17,18)19/h2-9H,10H2,1H3,(H3,20,21,22). The van der Waals surface area contributed by atoms with Gasteiger partial charge in [-0.15, -0.1) is 13.2 Å². The number of rotatable bonds is 4. The number of halogens is 3. The summed E-state index contributed by atoms with van der Waals surface area (Å²) in [4.78, 5) is 4.11. The minimum absolute atomic E-state index is 0.00438. The predicted molar refractivity (Wildman–Crippen MR) is 83.3 cm³/mol. The number of anilines is 1. The Hall–Kier alpha value is -2.70. The van der Waals surface area contributed by atoms with Crippen molar-refractivity contribution in [2.75, 3.05) is 5.32 Å². The van der Waals surface area contributed by atoms with Crippen molar-refractivity contribution in [3.05, 3.63) is 59.7 Å². The van der Waals surface area contributed by atoms with Crippen molar-refractivity contribution in [1.29, 1.82) is 0 Å². The highest BCUT2D eigenvalue weighted by molar-refractivity contribution is 5.93. The fraction of sp³-hybridized carbons (Fsp3) is 0.188. The van der Waals surface area contributed by atoms with Crippen molar-refractivity contribution in [2.45, 2.75) is 19.8 Å². The van der Waals surface area contributed by atoms with Gasteiger partial charge in [0.1, 0.15) is 0 Å². The first-order valence-corrected chi connectivity index (χ1v) is 6.81. The maximum Gasteiger partial charge on any atom is 0.573 e. The summed E-state index contributed by atoms with van der Waals surface area (Å²) in [6.07, 6.45) is -4.77. The van der Waals surface area contributed by atoms with Crippen LogP contribution in [-0.4, -0.2) is 12.3 Å². The van der Waals surface area contributed by atoms with Gasteiger partial charge in [-0.2, -0.15) is 0 Å². The lowest BCUT2D eigenvalue weighted by Crippen LogP contribution is -2.24. The van der Waals surface area contributed by atoms with Crippen LogP contribution in [0.4, 0.5) is 18.9 Å². The van der Waals surface area contributed by atoms with Crippen LogP contribution >= 0.6 is 0 Å². The summed E-state index contributed by atoms with van der Waals surface area (Å²) in [5.74, 6) is -0.363. The summed E-state index contributed by atoms with van der Waals surface area (Å²) in [6, 6.07) is 13.3. The second-order valence-corrected chi connectivity index (χ2v) is 4.86. The highest BCUT2D eigenvalue weighted by Gasteiger charge is 2.32. The van der Waals surface area contributed by atoms with Crippen molar-refractivity contribution in [1.82, 2.24) is 0 Å². The fourth-order valence-corrected chi connectivity index (χ4v) is 1.95. The monoisotopic (exact) mass is 323 g/mol. The highest BCUT2D eigenvalue weighted by atomic mass is 19.4. The van der Waals surface area contributed by atoms with Crippen molar-refractivity contribution in [3.8, 4) is 5.75 Å². The van der Waals surface area contributed by atoms with Gasteiger partial charge in [-0.05, 0) is 24.6 Å². The number of nitrogens with zero attached hydrogens (tertiary/aromatic N) is 1. The predicted octanol–water partition coefficient (Wildman–Crippen LogP) is 3.82.